The van der Waals surface area contributed by atoms with Gasteiger partial charge in [0.25, 0.3) is 0 Å². The van der Waals surface area contributed by atoms with E-state index < -0.39 is 39.8 Å². The van der Waals surface area contributed by atoms with Crippen molar-refractivity contribution < 1.29 is 22.7 Å². The minimum Gasteiger partial charge on any atom is -0.456 e. The molecule has 0 aromatic heterocycles. The highest BCUT2D eigenvalue weighted by Gasteiger charge is 2.24. The number of ether oxygens (including phenoxy) is 1. The van der Waals surface area contributed by atoms with Crippen LogP contribution in [0.25, 0.3) is 0 Å². The number of ketones is 1. The van der Waals surface area contributed by atoms with Crippen molar-refractivity contribution >= 4 is 60.9 Å². The third-order valence-electron chi connectivity index (χ3n) is 2.79. The van der Waals surface area contributed by atoms with Crippen LogP contribution in [0.2, 0.25) is 10.0 Å². The van der Waals surface area contributed by atoms with Gasteiger partial charge in [-0.05, 0) is 19.1 Å². The number of hydrogen-bond acceptors (Lipinski definition) is 7. The van der Waals surface area contributed by atoms with Crippen LogP contribution in [0.4, 0.5) is 0 Å². The van der Waals surface area contributed by atoms with Crippen molar-refractivity contribution in [1.82, 2.24) is 4.72 Å². The number of allylic oxidation sites excluding steroid dienone is 1. The van der Waals surface area contributed by atoms with Crippen LogP contribution in [0.15, 0.2) is 32.8 Å². The van der Waals surface area contributed by atoms with Gasteiger partial charge in [0.1, 0.15) is 23.1 Å². The molecule has 0 amide bonds. The SMILES string of the molecule is CC(N)=C(C#N)C(=O)COC(=O)CNS(=O)(=O)c1c(Cl)cc(Br)cc1Cl. The number of Topliss-reactive ketones (excluding diaryl/α,β-unsaturated/α-hetero) is 1. The van der Waals surface area contributed by atoms with E-state index in [4.69, 9.17) is 34.2 Å². The number of sulfonamides is 1. The fourth-order valence-corrected chi connectivity index (χ4v) is 4.55. The molecule has 8 nitrogen and oxygen atoms in total. The molecule has 1 aromatic rings. The highest BCUT2D eigenvalue weighted by molar-refractivity contribution is 9.10. The molecule has 12 heteroatoms. The second-order valence-electron chi connectivity index (χ2n) is 4.78. The van der Waals surface area contributed by atoms with Gasteiger partial charge in [-0.25, -0.2) is 8.42 Å². The highest BCUT2D eigenvalue weighted by atomic mass is 79.9. The van der Waals surface area contributed by atoms with E-state index in [9.17, 15) is 18.0 Å². The van der Waals surface area contributed by atoms with Crippen LogP contribution in [0.5, 0.6) is 0 Å². The minimum atomic E-state index is -4.21. The lowest BCUT2D eigenvalue weighted by Gasteiger charge is -2.10. The predicted molar refractivity (Wildman–Crippen MR) is 97.8 cm³/mol. The number of halogens is 3. The molecular formula is C14H12BrCl2N3O5S. The Bertz CT molecular complexity index is 898. The third-order valence-corrected chi connectivity index (χ3v) is 5.57. The summed E-state index contributed by atoms with van der Waals surface area (Å²) in [5, 5.41) is 8.47. The van der Waals surface area contributed by atoms with Crippen LogP contribution >= 0.6 is 39.1 Å². The molecular weight excluding hydrogens is 473 g/mol. The molecule has 0 unspecified atom stereocenters. The molecule has 1 rings (SSSR count). The Morgan fingerprint density at radius 1 is 1.35 bits per heavy atom. The fourth-order valence-electron chi connectivity index (χ4n) is 1.65. The first-order chi connectivity index (χ1) is 12.0. The number of carbonyl (C=O) groups is 2. The first-order valence-corrected chi connectivity index (χ1v) is 9.72. The molecule has 0 heterocycles. The number of nitrogens with one attached hydrogen (secondary N) is 1. The fraction of sp³-hybridized carbons (Fsp3) is 0.214. The maximum Gasteiger partial charge on any atom is 0.321 e. The molecule has 0 aliphatic carbocycles. The zero-order valence-electron chi connectivity index (χ0n) is 13.2. The van der Waals surface area contributed by atoms with E-state index in [2.05, 4.69) is 20.7 Å². The summed E-state index contributed by atoms with van der Waals surface area (Å²) in [6.07, 6.45) is 0. The van der Waals surface area contributed by atoms with Crippen LogP contribution in [0.1, 0.15) is 6.92 Å². The summed E-state index contributed by atoms with van der Waals surface area (Å²) in [5.74, 6) is -1.85. The standard InChI is InChI=1S/C14H12BrCl2N3O5S/c1-7(19)9(4-18)12(21)6-25-13(22)5-20-26(23,24)14-10(16)2-8(15)3-11(14)17/h2-3,20H,5-6,19H2,1H3. The Balaban J connectivity index is 2.75. The van der Waals surface area contributed by atoms with E-state index in [1.807, 2.05) is 4.72 Å². The van der Waals surface area contributed by atoms with Crippen molar-refractivity contribution in [3.05, 3.63) is 37.9 Å². The predicted octanol–water partition coefficient (Wildman–Crippen LogP) is 1.90. The van der Waals surface area contributed by atoms with Crippen LogP contribution in [-0.2, 0) is 24.3 Å². The maximum atomic E-state index is 12.2. The van der Waals surface area contributed by atoms with Gasteiger partial charge in [-0.1, -0.05) is 39.1 Å². The van der Waals surface area contributed by atoms with E-state index >= 15 is 0 Å². The molecule has 0 atom stereocenters. The Labute approximate surface area is 168 Å². The second-order valence-corrected chi connectivity index (χ2v) is 8.21. The van der Waals surface area contributed by atoms with Gasteiger partial charge in [-0.3, -0.25) is 9.59 Å². The van der Waals surface area contributed by atoms with E-state index in [-0.39, 0.29) is 21.3 Å². The monoisotopic (exact) mass is 483 g/mol. The topological polar surface area (TPSA) is 139 Å². The van der Waals surface area contributed by atoms with Crippen LogP contribution in [0, 0.1) is 11.3 Å². The minimum absolute atomic E-state index is 0.0197. The molecule has 3 N–H and O–H groups in total. The maximum absolute atomic E-state index is 12.2. The smallest absolute Gasteiger partial charge is 0.321 e. The molecule has 26 heavy (non-hydrogen) atoms. The van der Waals surface area contributed by atoms with Gasteiger partial charge in [0.2, 0.25) is 15.8 Å². The van der Waals surface area contributed by atoms with Gasteiger partial charge in [0.05, 0.1) is 10.0 Å². The van der Waals surface area contributed by atoms with Crippen LogP contribution in [0.3, 0.4) is 0 Å². The highest BCUT2D eigenvalue weighted by Crippen LogP contribution is 2.32. The molecule has 0 spiro atoms. The lowest BCUT2D eigenvalue weighted by atomic mass is 10.1. The van der Waals surface area contributed by atoms with Crippen LogP contribution in [-0.4, -0.2) is 33.3 Å². The average Bonchev–Trinajstić information content (AvgIpc) is 2.50. The zero-order valence-corrected chi connectivity index (χ0v) is 17.1. The zero-order chi connectivity index (χ0) is 20.1. The number of esters is 1. The van der Waals surface area contributed by atoms with Crippen molar-refractivity contribution in [3.63, 3.8) is 0 Å². The summed E-state index contributed by atoms with van der Waals surface area (Å²) in [6, 6.07) is 4.24. The Kier molecular flexibility index (Phi) is 8.05. The number of hydrogen-bond donors (Lipinski definition) is 2. The average molecular weight is 485 g/mol. The van der Waals surface area contributed by atoms with Crippen molar-refractivity contribution in [2.24, 2.45) is 5.73 Å². The van der Waals surface area contributed by atoms with E-state index in [1.54, 1.807) is 6.07 Å². The number of nitrogens with zero attached hydrogens (tertiary/aromatic N) is 1. The van der Waals surface area contributed by atoms with Crippen molar-refractivity contribution in [2.75, 3.05) is 13.2 Å². The van der Waals surface area contributed by atoms with Gasteiger partial charge >= 0.3 is 5.97 Å². The largest absolute Gasteiger partial charge is 0.456 e. The number of carbonyl (C=O) groups excluding carboxylic acids is 2. The van der Waals surface area contributed by atoms with Gasteiger partial charge in [0.15, 0.2) is 6.61 Å². The van der Waals surface area contributed by atoms with Crippen LogP contribution < -0.4 is 10.5 Å². The number of benzene rings is 1. The number of nitriles is 1. The molecule has 0 saturated heterocycles. The van der Waals surface area contributed by atoms with Crippen molar-refractivity contribution in [3.8, 4) is 6.07 Å². The third kappa shape index (κ3) is 5.96. The number of nitrogens with two attached hydrogens (primary N) is 1. The normalized spacial score (nSPS) is 12.1. The molecule has 140 valence electrons. The van der Waals surface area contributed by atoms with Gasteiger partial charge in [0, 0.05) is 10.2 Å². The molecule has 0 fully saturated rings. The second kappa shape index (κ2) is 9.34. The van der Waals surface area contributed by atoms with Gasteiger partial charge in [-0.15, -0.1) is 0 Å². The van der Waals surface area contributed by atoms with Crippen molar-refractivity contribution in [2.45, 2.75) is 11.8 Å². The Morgan fingerprint density at radius 2 is 1.88 bits per heavy atom. The van der Waals surface area contributed by atoms with Gasteiger partial charge < -0.3 is 10.5 Å². The van der Waals surface area contributed by atoms with E-state index in [1.165, 1.54) is 19.1 Å². The quantitative estimate of drug-likeness (QED) is 0.342. The molecule has 0 bridgehead atoms. The number of rotatable bonds is 7. The van der Waals surface area contributed by atoms with E-state index in [0.29, 0.717) is 4.47 Å². The summed E-state index contributed by atoms with van der Waals surface area (Å²) < 4.78 is 31.5. The van der Waals surface area contributed by atoms with E-state index in [0.717, 1.165) is 0 Å². The van der Waals surface area contributed by atoms with Crippen molar-refractivity contribution in [1.29, 1.82) is 5.26 Å². The summed E-state index contributed by atoms with van der Waals surface area (Å²) in [6.45, 7) is -0.179. The molecule has 0 saturated carbocycles. The molecule has 0 aliphatic heterocycles. The first kappa shape index (κ1) is 22.4. The molecule has 1 aromatic carbocycles. The Morgan fingerprint density at radius 3 is 2.35 bits per heavy atom. The van der Waals surface area contributed by atoms with Gasteiger partial charge in [-0.2, -0.15) is 9.98 Å². The molecule has 0 radical (unpaired) electrons. The lowest BCUT2D eigenvalue weighted by Crippen LogP contribution is -2.32. The molecule has 0 aliphatic rings. The lowest BCUT2D eigenvalue weighted by molar-refractivity contribution is -0.145. The summed E-state index contributed by atoms with van der Waals surface area (Å²) in [5.41, 5.74) is 4.99. The Hall–Kier alpha value is -1.64. The summed E-state index contributed by atoms with van der Waals surface area (Å²) in [7, 11) is -4.21. The summed E-state index contributed by atoms with van der Waals surface area (Å²) in [4.78, 5) is 22.9. The summed E-state index contributed by atoms with van der Waals surface area (Å²) >= 11 is 14.9. The first-order valence-electron chi connectivity index (χ1n) is 6.69.